The van der Waals surface area contributed by atoms with Gasteiger partial charge < -0.3 is 0 Å². The smallest absolute Gasteiger partial charge is 0.0169 e. The van der Waals surface area contributed by atoms with Crippen molar-refractivity contribution in [1.82, 2.24) is 10.4 Å². The molecule has 0 spiro atoms. The Hall–Kier alpha value is -0.0800. The van der Waals surface area contributed by atoms with Crippen molar-refractivity contribution in [3.63, 3.8) is 0 Å². The lowest BCUT2D eigenvalue weighted by molar-refractivity contribution is 0.0653. The Bertz CT molecular complexity index is 57.1. The summed E-state index contributed by atoms with van der Waals surface area (Å²) >= 11 is 0. The molecule has 0 unspecified atom stereocenters. The van der Waals surface area contributed by atoms with E-state index in [2.05, 4.69) is 17.4 Å². The van der Waals surface area contributed by atoms with Crippen molar-refractivity contribution in [3.05, 3.63) is 0 Å². The minimum Gasteiger partial charge on any atom is -0.258 e. The first kappa shape index (κ1) is 5.06. The van der Waals surface area contributed by atoms with Gasteiger partial charge in [0.05, 0.1) is 0 Å². The average Bonchev–Trinajstić information content (AvgIpc) is 1.58. The number of hydrazine groups is 1. The maximum absolute atomic E-state index is 3.07. The Labute approximate surface area is 44.5 Å². The molecule has 0 radical (unpaired) electrons. The van der Waals surface area contributed by atoms with E-state index in [0.29, 0.717) is 0 Å². The monoisotopic (exact) mass is 100 g/mol. The number of nitrogens with one attached hydrogen (secondary N) is 1. The molecule has 1 aliphatic heterocycles. The van der Waals surface area contributed by atoms with Gasteiger partial charge in [-0.15, -0.1) is 0 Å². The van der Waals surface area contributed by atoms with E-state index in [9.17, 15) is 0 Å². The molecular weight excluding hydrogens is 88.1 g/mol. The van der Waals surface area contributed by atoms with E-state index in [1.807, 2.05) is 7.05 Å². The molecule has 0 bridgehead atoms. The molecule has 1 N–H and O–H groups in total. The van der Waals surface area contributed by atoms with Crippen LogP contribution in [0, 0.1) is 5.92 Å². The summed E-state index contributed by atoms with van der Waals surface area (Å²) in [7, 11) is 1.96. The largest absolute Gasteiger partial charge is 0.258 e. The highest BCUT2D eigenvalue weighted by molar-refractivity contribution is 4.70. The molecule has 0 aromatic rings. The normalized spacial score (nSPS) is 24.9. The molecule has 2 nitrogen and oxygen atoms in total. The SMILES string of the molecule is CNN1CC(C)C1. The summed E-state index contributed by atoms with van der Waals surface area (Å²) in [6.45, 7) is 4.70. The molecule has 42 valence electrons. The Morgan fingerprint density at radius 3 is 2.29 bits per heavy atom. The summed E-state index contributed by atoms with van der Waals surface area (Å²) in [5.41, 5.74) is 3.07. The van der Waals surface area contributed by atoms with Gasteiger partial charge in [0, 0.05) is 13.1 Å². The lowest BCUT2D eigenvalue weighted by Gasteiger charge is -2.35. The topological polar surface area (TPSA) is 15.3 Å². The Balaban J connectivity index is 2.06. The van der Waals surface area contributed by atoms with Crippen molar-refractivity contribution in [3.8, 4) is 0 Å². The van der Waals surface area contributed by atoms with Crippen molar-refractivity contribution in [2.24, 2.45) is 5.92 Å². The van der Waals surface area contributed by atoms with Gasteiger partial charge in [0.15, 0.2) is 0 Å². The van der Waals surface area contributed by atoms with Crippen LogP contribution in [0.3, 0.4) is 0 Å². The first-order chi connectivity index (χ1) is 3.33. The number of nitrogens with zero attached hydrogens (tertiary/aromatic N) is 1. The summed E-state index contributed by atoms with van der Waals surface area (Å²) in [6.07, 6.45) is 0. The van der Waals surface area contributed by atoms with Gasteiger partial charge in [0.1, 0.15) is 0 Å². The second-order valence-electron chi connectivity index (χ2n) is 2.23. The maximum Gasteiger partial charge on any atom is 0.0169 e. The molecule has 0 aromatic carbocycles. The molecule has 1 aliphatic rings. The van der Waals surface area contributed by atoms with Crippen molar-refractivity contribution in [1.29, 1.82) is 0 Å². The minimum absolute atomic E-state index is 0.910. The number of hydrogen-bond acceptors (Lipinski definition) is 2. The summed E-state index contributed by atoms with van der Waals surface area (Å²) < 4.78 is 0. The molecule has 0 aromatic heterocycles. The van der Waals surface area contributed by atoms with Crippen molar-refractivity contribution >= 4 is 0 Å². The first-order valence-electron chi connectivity index (χ1n) is 2.75. The molecule has 0 atom stereocenters. The van der Waals surface area contributed by atoms with E-state index in [0.717, 1.165) is 5.92 Å². The number of rotatable bonds is 1. The lowest BCUT2D eigenvalue weighted by Crippen LogP contribution is -2.51. The Morgan fingerprint density at radius 2 is 2.14 bits per heavy atom. The van der Waals surface area contributed by atoms with Gasteiger partial charge in [-0.2, -0.15) is 0 Å². The fourth-order valence-electron chi connectivity index (χ4n) is 0.882. The zero-order chi connectivity index (χ0) is 5.28. The molecule has 1 fully saturated rings. The second kappa shape index (κ2) is 1.80. The fourth-order valence-corrected chi connectivity index (χ4v) is 0.882. The van der Waals surface area contributed by atoms with Gasteiger partial charge in [-0.1, -0.05) is 6.92 Å². The van der Waals surface area contributed by atoms with E-state index < -0.39 is 0 Å². The van der Waals surface area contributed by atoms with Crippen LogP contribution < -0.4 is 5.43 Å². The fraction of sp³-hybridized carbons (Fsp3) is 1.00. The molecule has 1 rings (SSSR count). The van der Waals surface area contributed by atoms with Gasteiger partial charge in [0.2, 0.25) is 0 Å². The molecule has 7 heavy (non-hydrogen) atoms. The second-order valence-corrected chi connectivity index (χ2v) is 2.23. The standard InChI is InChI=1S/C5H12N2/c1-5-3-7(4-5)6-2/h5-6H,3-4H2,1-2H3. The van der Waals surface area contributed by atoms with E-state index in [1.54, 1.807) is 0 Å². The van der Waals surface area contributed by atoms with Crippen LogP contribution in [0.25, 0.3) is 0 Å². The molecule has 1 heterocycles. The minimum atomic E-state index is 0.910. The van der Waals surface area contributed by atoms with Crippen LogP contribution in [0.4, 0.5) is 0 Å². The first-order valence-corrected chi connectivity index (χ1v) is 2.75. The van der Waals surface area contributed by atoms with Crippen LogP contribution in [0.5, 0.6) is 0 Å². The van der Waals surface area contributed by atoms with Gasteiger partial charge >= 0.3 is 0 Å². The van der Waals surface area contributed by atoms with Crippen LogP contribution in [-0.2, 0) is 0 Å². The van der Waals surface area contributed by atoms with Crippen molar-refractivity contribution in [2.45, 2.75) is 6.92 Å². The van der Waals surface area contributed by atoms with Crippen LogP contribution in [0.1, 0.15) is 6.92 Å². The third-order valence-electron chi connectivity index (χ3n) is 1.38. The summed E-state index contributed by atoms with van der Waals surface area (Å²) in [6, 6.07) is 0. The molecular formula is C5H12N2. The maximum atomic E-state index is 3.07. The lowest BCUT2D eigenvalue weighted by atomic mass is 10.1. The van der Waals surface area contributed by atoms with Crippen LogP contribution in [-0.4, -0.2) is 25.1 Å². The summed E-state index contributed by atoms with van der Waals surface area (Å²) in [4.78, 5) is 0. The molecule has 0 saturated carbocycles. The van der Waals surface area contributed by atoms with E-state index >= 15 is 0 Å². The highest BCUT2D eigenvalue weighted by Crippen LogP contribution is 2.09. The molecule has 0 aliphatic carbocycles. The molecule has 0 amide bonds. The highest BCUT2D eigenvalue weighted by Gasteiger charge is 2.19. The van der Waals surface area contributed by atoms with Gasteiger partial charge in [-0.05, 0) is 13.0 Å². The van der Waals surface area contributed by atoms with Gasteiger partial charge in [0.25, 0.3) is 0 Å². The van der Waals surface area contributed by atoms with Crippen molar-refractivity contribution in [2.75, 3.05) is 20.1 Å². The van der Waals surface area contributed by atoms with Crippen molar-refractivity contribution < 1.29 is 0 Å². The van der Waals surface area contributed by atoms with E-state index in [-0.39, 0.29) is 0 Å². The quantitative estimate of drug-likeness (QED) is 0.501. The Morgan fingerprint density at radius 1 is 1.57 bits per heavy atom. The van der Waals surface area contributed by atoms with E-state index in [1.165, 1.54) is 13.1 Å². The van der Waals surface area contributed by atoms with E-state index in [4.69, 9.17) is 0 Å². The predicted molar refractivity (Wildman–Crippen MR) is 29.8 cm³/mol. The molecule has 2 heteroatoms. The summed E-state index contributed by atoms with van der Waals surface area (Å²) in [5, 5.41) is 2.20. The Kier molecular flexibility index (Phi) is 1.30. The average molecular weight is 100 g/mol. The highest BCUT2D eigenvalue weighted by atomic mass is 15.5. The van der Waals surface area contributed by atoms with Crippen LogP contribution >= 0.6 is 0 Å². The zero-order valence-corrected chi connectivity index (χ0v) is 4.94. The van der Waals surface area contributed by atoms with Gasteiger partial charge in [-0.3, -0.25) is 5.43 Å². The van der Waals surface area contributed by atoms with Gasteiger partial charge in [-0.25, -0.2) is 5.01 Å². The number of hydrogen-bond donors (Lipinski definition) is 1. The zero-order valence-electron chi connectivity index (χ0n) is 4.94. The van der Waals surface area contributed by atoms with Crippen LogP contribution in [0.15, 0.2) is 0 Å². The molecule has 1 saturated heterocycles. The van der Waals surface area contributed by atoms with Crippen LogP contribution in [0.2, 0.25) is 0 Å². The third-order valence-corrected chi connectivity index (χ3v) is 1.38. The predicted octanol–water partition coefficient (Wildman–Crippen LogP) is 0.0725. The summed E-state index contributed by atoms with van der Waals surface area (Å²) in [5.74, 6) is 0.910. The third kappa shape index (κ3) is 0.924.